The van der Waals surface area contributed by atoms with E-state index in [1.165, 1.54) is 0 Å². The zero-order valence-electron chi connectivity index (χ0n) is 11.9. The van der Waals surface area contributed by atoms with E-state index >= 15 is 0 Å². The molecule has 0 aromatic heterocycles. The van der Waals surface area contributed by atoms with E-state index in [0.29, 0.717) is 21.6 Å². The zero-order valence-corrected chi connectivity index (χ0v) is 14.1. The third-order valence-electron chi connectivity index (χ3n) is 2.79. The number of hydrogen-bond donors (Lipinski definition) is 1. The molecule has 0 aliphatic carbocycles. The minimum Gasteiger partial charge on any atom is -0.312 e. The van der Waals surface area contributed by atoms with Crippen LogP contribution in [0.4, 0.5) is 0 Å². The van der Waals surface area contributed by atoms with Gasteiger partial charge in [0.2, 0.25) is 0 Å². The molecule has 0 amide bonds. The Kier molecular flexibility index (Phi) is 6.41. The number of hydrogen-bond acceptors (Lipinski definition) is 2. The lowest BCUT2D eigenvalue weighted by molar-refractivity contribution is 0.232. The molecule has 108 valence electrons. The van der Waals surface area contributed by atoms with Gasteiger partial charge in [0, 0.05) is 30.2 Å². The van der Waals surface area contributed by atoms with Crippen LogP contribution < -0.4 is 5.32 Å². The summed E-state index contributed by atoms with van der Waals surface area (Å²) >= 11 is 18.3. The van der Waals surface area contributed by atoms with Crippen molar-refractivity contribution < 1.29 is 0 Å². The Bertz CT molecular complexity index is 431. The average Bonchev–Trinajstić information content (AvgIpc) is 2.26. The predicted molar refractivity (Wildman–Crippen MR) is 85.5 cm³/mol. The van der Waals surface area contributed by atoms with E-state index in [-0.39, 0.29) is 5.41 Å². The van der Waals surface area contributed by atoms with Gasteiger partial charge in [-0.15, -0.1) is 0 Å². The predicted octanol–water partition coefficient (Wildman–Crippen LogP) is 4.32. The Morgan fingerprint density at radius 1 is 1.11 bits per heavy atom. The van der Waals surface area contributed by atoms with Gasteiger partial charge in [-0.2, -0.15) is 0 Å². The van der Waals surface area contributed by atoms with E-state index < -0.39 is 0 Å². The fourth-order valence-electron chi connectivity index (χ4n) is 2.17. The third-order valence-corrected chi connectivity index (χ3v) is 3.99. The maximum Gasteiger partial charge on any atom is 0.0652 e. The largest absolute Gasteiger partial charge is 0.312 e. The van der Waals surface area contributed by atoms with E-state index in [1.54, 1.807) is 12.1 Å². The van der Waals surface area contributed by atoms with Crippen molar-refractivity contribution in [3.63, 3.8) is 0 Å². The molecule has 0 aliphatic heterocycles. The molecule has 1 aromatic carbocycles. The van der Waals surface area contributed by atoms with Gasteiger partial charge in [-0.05, 0) is 31.6 Å². The molecule has 19 heavy (non-hydrogen) atoms. The van der Waals surface area contributed by atoms with Gasteiger partial charge < -0.3 is 10.2 Å². The summed E-state index contributed by atoms with van der Waals surface area (Å²) in [7, 11) is 4.15. The summed E-state index contributed by atoms with van der Waals surface area (Å²) in [4.78, 5) is 2.18. The molecule has 0 aliphatic rings. The minimum absolute atomic E-state index is 0.182. The summed E-state index contributed by atoms with van der Waals surface area (Å²) in [6.45, 7) is 6.96. The highest BCUT2D eigenvalue weighted by Crippen LogP contribution is 2.31. The van der Waals surface area contributed by atoms with E-state index in [1.807, 2.05) is 0 Å². The zero-order chi connectivity index (χ0) is 14.6. The number of halogens is 3. The fourth-order valence-corrected chi connectivity index (χ4v) is 2.85. The number of rotatable bonds is 6. The van der Waals surface area contributed by atoms with Gasteiger partial charge in [-0.25, -0.2) is 0 Å². The lowest BCUT2D eigenvalue weighted by Crippen LogP contribution is -2.37. The number of nitrogens with one attached hydrogen (secondary N) is 1. The van der Waals surface area contributed by atoms with Crippen LogP contribution in [0.25, 0.3) is 0 Å². The van der Waals surface area contributed by atoms with Crippen LogP contribution in [0.3, 0.4) is 0 Å². The van der Waals surface area contributed by atoms with E-state index in [0.717, 1.165) is 18.7 Å². The summed E-state index contributed by atoms with van der Waals surface area (Å²) in [5, 5.41) is 5.12. The molecular formula is C14H21Cl3N2. The molecule has 0 bridgehead atoms. The molecule has 2 nitrogen and oxygen atoms in total. The second kappa shape index (κ2) is 7.14. The highest BCUT2D eigenvalue weighted by Gasteiger charge is 2.19. The van der Waals surface area contributed by atoms with Crippen LogP contribution in [-0.4, -0.2) is 32.1 Å². The molecule has 0 fully saturated rings. The van der Waals surface area contributed by atoms with Crippen LogP contribution in [0.5, 0.6) is 0 Å². The Labute approximate surface area is 131 Å². The van der Waals surface area contributed by atoms with Gasteiger partial charge in [-0.1, -0.05) is 48.7 Å². The van der Waals surface area contributed by atoms with Gasteiger partial charge >= 0.3 is 0 Å². The van der Waals surface area contributed by atoms with Gasteiger partial charge in [-0.3, -0.25) is 0 Å². The summed E-state index contributed by atoms with van der Waals surface area (Å²) in [5.74, 6) is 0. The van der Waals surface area contributed by atoms with Crippen LogP contribution in [0, 0.1) is 5.41 Å². The molecule has 5 heteroatoms. The number of benzene rings is 1. The maximum absolute atomic E-state index is 6.17. The Hall–Kier alpha value is 0.01000. The standard InChI is InChI=1S/C14H21Cl3N2/c1-14(2,9-19(3)4)8-18-7-10-11(15)5-6-12(16)13(10)17/h5-6,18H,7-9H2,1-4H3. The summed E-state index contributed by atoms with van der Waals surface area (Å²) in [6, 6.07) is 3.49. The smallest absolute Gasteiger partial charge is 0.0652 e. The molecular weight excluding hydrogens is 303 g/mol. The number of nitrogens with zero attached hydrogens (tertiary/aromatic N) is 1. The molecule has 0 saturated heterocycles. The molecule has 1 rings (SSSR count). The van der Waals surface area contributed by atoms with Crippen LogP contribution in [0.1, 0.15) is 19.4 Å². The van der Waals surface area contributed by atoms with E-state index in [9.17, 15) is 0 Å². The molecule has 1 aromatic rings. The molecule has 0 spiro atoms. The Balaban J connectivity index is 2.61. The summed E-state index contributed by atoms with van der Waals surface area (Å²) in [5.41, 5.74) is 1.04. The second-order valence-electron chi connectivity index (χ2n) is 5.83. The highest BCUT2D eigenvalue weighted by atomic mass is 35.5. The third kappa shape index (κ3) is 5.49. The summed E-state index contributed by atoms with van der Waals surface area (Å²) < 4.78 is 0. The SMILES string of the molecule is CN(C)CC(C)(C)CNCc1c(Cl)ccc(Cl)c1Cl. The van der Waals surface area contributed by atoms with Gasteiger partial charge in [0.05, 0.1) is 10.0 Å². The molecule has 0 unspecified atom stereocenters. The van der Waals surface area contributed by atoms with Crippen molar-refractivity contribution >= 4 is 34.8 Å². The minimum atomic E-state index is 0.182. The maximum atomic E-state index is 6.17. The van der Waals surface area contributed by atoms with Crippen LogP contribution in [0.15, 0.2) is 12.1 Å². The van der Waals surface area contributed by atoms with Gasteiger partial charge in [0.15, 0.2) is 0 Å². The van der Waals surface area contributed by atoms with Crippen molar-refractivity contribution in [2.45, 2.75) is 20.4 Å². The van der Waals surface area contributed by atoms with Crippen LogP contribution in [0.2, 0.25) is 15.1 Å². The highest BCUT2D eigenvalue weighted by molar-refractivity contribution is 6.44. The van der Waals surface area contributed by atoms with Crippen molar-refractivity contribution in [1.29, 1.82) is 0 Å². The average molecular weight is 324 g/mol. The molecule has 0 atom stereocenters. The quantitative estimate of drug-likeness (QED) is 0.784. The fraction of sp³-hybridized carbons (Fsp3) is 0.571. The lowest BCUT2D eigenvalue weighted by atomic mass is 9.93. The van der Waals surface area contributed by atoms with Crippen molar-refractivity contribution in [2.75, 3.05) is 27.2 Å². The first-order chi connectivity index (χ1) is 8.73. The van der Waals surface area contributed by atoms with E-state index in [2.05, 4.69) is 38.2 Å². The topological polar surface area (TPSA) is 15.3 Å². The Morgan fingerprint density at radius 3 is 2.26 bits per heavy atom. The molecule has 1 N–H and O–H groups in total. The molecule has 0 radical (unpaired) electrons. The first kappa shape index (κ1) is 17.1. The van der Waals surface area contributed by atoms with E-state index in [4.69, 9.17) is 34.8 Å². The normalized spacial score (nSPS) is 12.2. The first-order valence-corrected chi connectivity index (χ1v) is 7.34. The molecule has 0 heterocycles. The van der Waals surface area contributed by atoms with Crippen molar-refractivity contribution in [2.24, 2.45) is 5.41 Å². The van der Waals surface area contributed by atoms with Gasteiger partial charge in [0.25, 0.3) is 0 Å². The lowest BCUT2D eigenvalue weighted by Gasteiger charge is -2.28. The second-order valence-corrected chi connectivity index (χ2v) is 7.02. The summed E-state index contributed by atoms with van der Waals surface area (Å²) in [6.07, 6.45) is 0. The molecule has 0 saturated carbocycles. The van der Waals surface area contributed by atoms with Crippen LogP contribution >= 0.6 is 34.8 Å². The van der Waals surface area contributed by atoms with Crippen molar-refractivity contribution in [3.8, 4) is 0 Å². The van der Waals surface area contributed by atoms with Crippen molar-refractivity contribution in [1.82, 2.24) is 10.2 Å². The first-order valence-electron chi connectivity index (χ1n) is 6.21. The van der Waals surface area contributed by atoms with Crippen molar-refractivity contribution in [3.05, 3.63) is 32.8 Å². The van der Waals surface area contributed by atoms with Gasteiger partial charge in [0.1, 0.15) is 0 Å². The monoisotopic (exact) mass is 322 g/mol. The van der Waals surface area contributed by atoms with Crippen LogP contribution in [-0.2, 0) is 6.54 Å². The Morgan fingerprint density at radius 2 is 1.68 bits per heavy atom.